The van der Waals surface area contributed by atoms with Gasteiger partial charge in [0.15, 0.2) is 0 Å². The largest absolute Gasteiger partial charge is 0.481 e. The molecule has 1 heterocycles. The van der Waals surface area contributed by atoms with Crippen LogP contribution in [0.1, 0.15) is 28.9 Å². The van der Waals surface area contributed by atoms with E-state index in [-0.39, 0.29) is 6.42 Å². The van der Waals surface area contributed by atoms with Crippen LogP contribution in [0.3, 0.4) is 0 Å². The van der Waals surface area contributed by atoms with E-state index >= 15 is 0 Å². The fraction of sp³-hybridized carbons (Fsp3) is 0.333. The Hall–Kier alpha value is -2.10. The van der Waals surface area contributed by atoms with Crippen LogP contribution in [0.25, 0.3) is 5.69 Å². The van der Waals surface area contributed by atoms with E-state index in [2.05, 4.69) is 25.0 Å². The third-order valence-electron chi connectivity index (χ3n) is 3.34. The molecule has 0 radical (unpaired) electrons. The maximum Gasteiger partial charge on any atom is 0.303 e. The molecule has 0 aliphatic carbocycles. The normalized spacial score (nSPS) is 10.7. The van der Waals surface area contributed by atoms with Crippen LogP contribution in [0.2, 0.25) is 0 Å². The molecule has 1 aromatic heterocycles. The Morgan fingerprint density at radius 3 is 2.74 bits per heavy atom. The van der Waals surface area contributed by atoms with Gasteiger partial charge >= 0.3 is 5.97 Å². The summed E-state index contributed by atoms with van der Waals surface area (Å²) in [6.07, 6.45) is 0.581. The van der Waals surface area contributed by atoms with E-state index in [1.807, 2.05) is 29.8 Å². The number of carboxylic acid groups (broad SMARTS) is 1. The quantitative estimate of drug-likeness (QED) is 0.917. The number of nitrogens with zero attached hydrogens (tertiary/aromatic N) is 2. The van der Waals surface area contributed by atoms with Crippen LogP contribution in [0.4, 0.5) is 0 Å². The summed E-state index contributed by atoms with van der Waals surface area (Å²) in [5, 5.41) is 13.2. The van der Waals surface area contributed by atoms with E-state index in [1.54, 1.807) is 0 Å². The van der Waals surface area contributed by atoms with Crippen molar-refractivity contribution in [3.05, 3.63) is 46.8 Å². The summed E-state index contributed by atoms with van der Waals surface area (Å²) < 4.78 is 1.89. The molecule has 0 atom stereocenters. The van der Waals surface area contributed by atoms with Crippen LogP contribution in [-0.4, -0.2) is 20.9 Å². The first kappa shape index (κ1) is 13.3. The Labute approximate surface area is 112 Å². The molecule has 1 N–H and O–H groups in total. The van der Waals surface area contributed by atoms with E-state index < -0.39 is 5.97 Å². The van der Waals surface area contributed by atoms with Crippen molar-refractivity contribution in [3.63, 3.8) is 0 Å². The van der Waals surface area contributed by atoms with Gasteiger partial charge in [0.05, 0.1) is 17.8 Å². The van der Waals surface area contributed by atoms with Gasteiger partial charge in [-0.3, -0.25) is 4.79 Å². The summed E-state index contributed by atoms with van der Waals surface area (Å²) in [7, 11) is 0. The zero-order valence-corrected chi connectivity index (χ0v) is 11.5. The highest BCUT2D eigenvalue weighted by Crippen LogP contribution is 2.19. The minimum Gasteiger partial charge on any atom is -0.481 e. The first-order chi connectivity index (χ1) is 8.99. The number of carboxylic acids is 1. The lowest BCUT2D eigenvalue weighted by atomic mass is 10.1. The molecule has 0 fully saturated rings. The number of aryl methyl sites for hydroxylation is 3. The van der Waals surface area contributed by atoms with Gasteiger partial charge in [-0.2, -0.15) is 5.10 Å². The van der Waals surface area contributed by atoms with Crippen LogP contribution in [-0.2, 0) is 11.2 Å². The molecule has 19 heavy (non-hydrogen) atoms. The van der Waals surface area contributed by atoms with Gasteiger partial charge < -0.3 is 5.11 Å². The summed E-state index contributed by atoms with van der Waals surface area (Å²) in [5.74, 6) is -0.793. The lowest BCUT2D eigenvalue weighted by Crippen LogP contribution is -2.03. The Morgan fingerprint density at radius 1 is 1.32 bits per heavy atom. The molecule has 0 bridgehead atoms. The Morgan fingerprint density at radius 2 is 2.05 bits per heavy atom. The van der Waals surface area contributed by atoms with Gasteiger partial charge in [-0.25, -0.2) is 4.68 Å². The third kappa shape index (κ3) is 2.84. The molecule has 100 valence electrons. The predicted molar refractivity (Wildman–Crippen MR) is 73.7 cm³/mol. The maximum absolute atomic E-state index is 10.6. The fourth-order valence-electron chi connectivity index (χ4n) is 2.10. The fourth-order valence-corrected chi connectivity index (χ4v) is 2.10. The Kier molecular flexibility index (Phi) is 3.69. The minimum absolute atomic E-state index is 0.114. The predicted octanol–water partition coefficient (Wildman–Crippen LogP) is 2.81. The molecule has 2 aromatic rings. The van der Waals surface area contributed by atoms with E-state index in [1.165, 1.54) is 11.1 Å². The SMILES string of the molecule is Cc1cccc(-n2nc(CCC(=O)O)cc2C)c1C. The van der Waals surface area contributed by atoms with E-state index in [4.69, 9.17) is 5.11 Å². The molecule has 0 saturated heterocycles. The number of aliphatic carboxylic acids is 1. The Bertz CT molecular complexity index is 615. The summed E-state index contributed by atoms with van der Waals surface area (Å²) in [6, 6.07) is 8.06. The first-order valence-corrected chi connectivity index (χ1v) is 6.33. The van der Waals surface area contributed by atoms with Crippen molar-refractivity contribution >= 4 is 5.97 Å². The highest BCUT2D eigenvalue weighted by Gasteiger charge is 2.10. The molecule has 0 saturated carbocycles. The van der Waals surface area contributed by atoms with Crippen molar-refractivity contribution in [2.45, 2.75) is 33.6 Å². The van der Waals surface area contributed by atoms with Gasteiger partial charge in [-0.15, -0.1) is 0 Å². The average molecular weight is 258 g/mol. The second kappa shape index (κ2) is 5.26. The van der Waals surface area contributed by atoms with Gasteiger partial charge in [0, 0.05) is 12.1 Å². The number of hydrogen-bond acceptors (Lipinski definition) is 2. The monoisotopic (exact) mass is 258 g/mol. The molecule has 4 heteroatoms. The lowest BCUT2D eigenvalue weighted by Gasteiger charge is -2.10. The van der Waals surface area contributed by atoms with Crippen LogP contribution in [0, 0.1) is 20.8 Å². The van der Waals surface area contributed by atoms with Crippen molar-refractivity contribution in [2.75, 3.05) is 0 Å². The van der Waals surface area contributed by atoms with Gasteiger partial charge in [0.2, 0.25) is 0 Å². The minimum atomic E-state index is -0.793. The smallest absolute Gasteiger partial charge is 0.303 e. The van der Waals surface area contributed by atoms with Crippen LogP contribution < -0.4 is 0 Å². The Balaban J connectivity index is 2.35. The third-order valence-corrected chi connectivity index (χ3v) is 3.34. The molecule has 2 rings (SSSR count). The molecule has 1 aromatic carbocycles. The number of rotatable bonds is 4. The van der Waals surface area contributed by atoms with Gasteiger partial charge in [-0.1, -0.05) is 12.1 Å². The number of hydrogen-bond donors (Lipinski definition) is 1. The summed E-state index contributed by atoms with van der Waals surface area (Å²) in [6.45, 7) is 6.13. The maximum atomic E-state index is 10.6. The van der Waals surface area contributed by atoms with E-state index in [0.717, 1.165) is 17.1 Å². The molecular weight excluding hydrogens is 240 g/mol. The molecule has 0 aliphatic heterocycles. The lowest BCUT2D eigenvalue weighted by molar-refractivity contribution is -0.136. The van der Waals surface area contributed by atoms with Crippen LogP contribution in [0.5, 0.6) is 0 Å². The molecule has 0 amide bonds. The number of carbonyl (C=O) groups is 1. The van der Waals surface area contributed by atoms with Crippen molar-refractivity contribution in [1.29, 1.82) is 0 Å². The number of aromatic nitrogens is 2. The van der Waals surface area contributed by atoms with E-state index in [0.29, 0.717) is 6.42 Å². The van der Waals surface area contributed by atoms with Gasteiger partial charge in [0.25, 0.3) is 0 Å². The van der Waals surface area contributed by atoms with Crippen molar-refractivity contribution in [3.8, 4) is 5.69 Å². The zero-order valence-electron chi connectivity index (χ0n) is 11.5. The average Bonchev–Trinajstić information content (AvgIpc) is 2.71. The zero-order chi connectivity index (χ0) is 14.0. The van der Waals surface area contributed by atoms with Gasteiger partial charge in [-0.05, 0) is 44.0 Å². The highest BCUT2D eigenvalue weighted by molar-refractivity contribution is 5.67. The molecule has 0 spiro atoms. The summed E-state index contributed by atoms with van der Waals surface area (Å²) >= 11 is 0. The van der Waals surface area contributed by atoms with Crippen molar-refractivity contribution in [1.82, 2.24) is 9.78 Å². The van der Waals surface area contributed by atoms with Crippen molar-refractivity contribution in [2.24, 2.45) is 0 Å². The van der Waals surface area contributed by atoms with E-state index in [9.17, 15) is 4.79 Å². The second-order valence-electron chi connectivity index (χ2n) is 4.80. The standard InChI is InChI=1S/C15H18N2O2/c1-10-5-4-6-14(12(10)3)17-11(2)9-13(16-17)7-8-15(18)19/h4-6,9H,7-8H2,1-3H3,(H,18,19). The molecule has 0 unspecified atom stereocenters. The highest BCUT2D eigenvalue weighted by atomic mass is 16.4. The summed E-state index contributed by atoms with van der Waals surface area (Å²) in [4.78, 5) is 10.6. The van der Waals surface area contributed by atoms with Crippen LogP contribution in [0.15, 0.2) is 24.3 Å². The first-order valence-electron chi connectivity index (χ1n) is 6.33. The second-order valence-corrected chi connectivity index (χ2v) is 4.80. The summed E-state index contributed by atoms with van der Waals surface area (Å²) in [5.41, 5.74) is 5.31. The van der Waals surface area contributed by atoms with Crippen molar-refractivity contribution < 1.29 is 9.90 Å². The van der Waals surface area contributed by atoms with Gasteiger partial charge in [0.1, 0.15) is 0 Å². The molecule has 0 aliphatic rings. The number of benzene rings is 1. The van der Waals surface area contributed by atoms with Crippen LogP contribution >= 0.6 is 0 Å². The molecule has 4 nitrogen and oxygen atoms in total. The topological polar surface area (TPSA) is 55.1 Å². The molecular formula is C15H18N2O2.